The van der Waals surface area contributed by atoms with Gasteiger partial charge in [0.2, 0.25) is 0 Å². The number of hydrogen-bond donors (Lipinski definition) is 3. The van der Waals surface area contributed by atoms with Crippen LogP contribution in [0, 0.1) is 26.2 Å². The molecule has 0 saturated heterocycles. The van der Waals surface area contributed by atoms with Crippen LogP contribution in [0.15, 0.2) is 48.5 Å². The zero-order valence-electron chi connectivity index (χ0n) is 22.3. The van der Waals surface area contributed by atoms with Gasteiger partial charge in [-0.1, -0.05) is 24.3 Å². The number of aliphatic hydroxyl groups is 2. The molecule has 0 heterocycles. The maximum absolute atomic E-state index is 11.4. The molecule has 3 aromatic carbocycles. The van der Waals surface area contributed by atoms with Gasteiger partial charge in [-0.05, 0) is 114 Å². The molecule has 0 aromatic heterocycles. The number of hydrogen-bond acceptors (Lipinski definition) is 5. The van der Waals surface area contributed by atoms with Crippen LogP contribution in [0.5, 0.6) is 11.5 Å². The Kier molecular flexibility index (Phi) is 7.21. The summed E-state index contributed by atoms with van der Waals surface area (Å²) in [6.07, 6.45) is 2.47. The topological polar surface area (TPSA) is 96.2 Å². The van der Waals surface area contributed by atoms with Gasteiger partial charge >= 0.3 is 5.97 Å². The number of aliphatic carboxylic acids is 1. The number of carboxylic acid groups (broad SMARTS) is 1. The average Bonchev–Trinajstić information content (AvgIpc) is 3.59. The molecule has 0 radical (unpaired) electrons. The molecule has 1 spiro atoms. The molecule has 0 bridgehead atoms. The van der Waals surface area contributed by atoms with Crippen molar-refractivity contribution in [2.45, 2.75) is 65.1 Å². The van der Waals surface area contributed by atoms with Crippen LogP contribution in [-0.4, -0.2) is 40.6 Å². The number of carboxylic acids is 1. The van der Waals surface area contributed by atoms with Crippen LogP contribution >= 0.6 is 0 Å². The Balaban J connectivity index is 1.33. The predicted molar refractivity (Wildman–Crippen MR) is 146 cm³/mol. The summed E-state index contributed by atoms with van der Waals surface area (Å²) in [5.74, 6) is 0.881. The molecule has 5 rings (SSSR count). The standard InChI is InChI=1S/C32H36O6/c1-19-11-26(38-18-24(34)16-33)12-20(2)31(19)27-6-4-5-22(21(27)3)17-37-25-7-8-28-23(13-25)15-32(9-10-32)29(28)14-30(35)36/h4-8,11-13,24,29,33-34H,9-10,14-18H2,1-3H3,(H,35,36)/t24-,29?/m1/s1. The van der Waals surface area contributed by atoms with Crippen LogP contribution < -0.4 is 9.47 Å². The minimum atomic E-state index is -0.902. The summed E-state index contributed by atoms with van der Waals surface area (Å²) in [5.41, 5.74) is 9.26. The van der Waals surface area contributed by atoms with Gasteiger partial charge in [-0.3, -0.25) is 4.79 Å². The first-order valence-corrected chi connectivity index (χ1v) is 13.3. The third kappa shape index (κ3) is 5.16. The van der Waals surface area contributed by atoms with Crippen molar-refractivity contribution in [3.05, 3.63) is 81.9 Å². The fourth-order valence-electron chi connectivity index (χ4n) is 6.13. The summed E-state index contributed by atoms with van der Waals surface area (Å²) in [6.45, 7) is 6.38. The largest absolute Gasteiger partial charge is 0.491 e. The van der Waals surface area contributed by atoms with E-state index in [1.54, 1.807) is 0 Å². The summed E-state index contributed by atoms with van der Waals surface area (Å²) in [6, 6.07) is 16.4. The Morgan fingerprint density at radius 3 is 2.42 bits per heavy atom. The quantitative estimate of drug-likeness (QED) is 0.330. The molecule has 2 atom stereocenters. The molecule has 6 heteroatoms. The van der Waals surface area contributed by atoms with E-state index in [1.807, 2.05) is 18.2 Å². The van der Waals surface area contributed by atoms with E-state index in [2.05, 4.69) is 51.1 Å². The first-order valence-electron chi connectivity index (χ1n) is 13.3. The normalized spacial score (nSPS) is 17.8. The van der Waals surface area contributed by atoms with E-state index in [0.29, 0.717) is 12.4 Å². The first-order chi connectivity index (χ1) is 18.2. The number of benzene rings is 3. The molecule has 1 unspecified atom stereocenters. The summed E-state index contributed by atoms with van der Waals surface area (Å²) in [7, 11) is 0. The van der Waals surface area contributed by atoms with E-state index in [4.69, 9.17) is 14.6 Å². The van der Waals surface area contributed by atoms with Gasteiger partial charge in [-0.25, -0.2) is 0 Å². The lowest BCUT2D eigenvalue weighted by Crippen LogP contribution is -2.21. The number of aryl methyl sites for hydroxylation is 2. The van der Waals surface area contributed by atoms with Crippen molar-refractivity contribution < 1.29 is 29.6 Å². The molecule has 38 heavy (non-hydrogen) atoms. The molecule has 2 aliphatic rings. The van der Waals surface area contributed by atoms with Crippen LogP contribution in [0.4, 0.5) is 0 Å². The highest BCUT2D eigenvalue weighted by Gasteiger charge is 2.54. The Hall–Kier alpha value is -3.35. The second kappa shape index (κ2) is 10.4. The number of fused-ring (bicyclic) bond motifs is 1. The highest BCUT2D eigenvalue weighted by atomic mass is 16.5. The monoisotopic (exact) mass is 516 g/mol. The Bertz CT molecular complexity index is 1330. The molecular weight excluding hydrogens is 480 g/mol. The molecule has 3 aromatic rings. The lowest BCUT2D eigenvalue weighted by Gasteiger charge is -2.18. The van der Waals surface area contributed by atoms with Crippen LogP contribution in [0.25, 0.3) is 11.1 Å². The van der Waals surface area contributed by atoms with E-state index in [1.165, 1.54) is 11.1 Å². The summed E-state index contributed by atoms with van der Waals surface area (Å²) in [4.78, 5) is 11.4. The van der Waals surface area contributed by atoms with E-state index in [0.717, 1.165) is 58.4 Å². The maximum Gasteiger partial charge on any atom is 0.303 e. The highest BCUT2D eigenvalue weighted by Crippen LogP contribution is 2.64. The van der Waals surface area contributed by atoms with Crippen molar-refractivity contribution >= 4 is 5.97 Å². The van der Waals surface area contributed by atoms with Crippen molar-refractivity contribution in [3.8, 4) is 22.6 Å². The SMILES string of the molecule is Cc1cc(OC[C@H](O)CO)cc(C)c1-c1cccc(COc2ccc3c(c2)CC2(CC2)C3CC(=O)O)c1C. The van der Waals surface area contributed by atoms with E-state index in [-0.39, 0.29) is 31.0 Å². The van der Waals surface area contributed by atoms with Crippen molar-refractivity contribution in [2.24, 2.45) is 5.41 Å². The maximum atomic E-state index is 11.4. The van der Waals surface area contributed by atoms with Gasteiger partial charge in [0.25, 0.3) is 0 Å². The van der Waals surface area contributed by atoms with Gasteiger partial charge in [-0.15, -0.1) is 0 Å². The summed E-state index contributed by atoms with van der Waals surface area (Å²) in [5, 5.41) is 28.0. The first kappa shape index (κ1) is 26.3. The van der Waals surface area contributed by atoms with Crippen LogP contribution in [0.1, 0.15) is 58.6 Å². The zero-order chi connectivity index (χ0) is 27.0. The van der Waals surface area contributed by atoms with Gasteiger partial charge in [0.15, 0.2) is 0 Å². The predicted octanol–water partition coefficient (Wildman–Crippen LogP) is 5.48. The van der Waals surface area contributed by atoms with Gasteiger partial charge < -0.3 is 24.8 Å². The van der Waals surface area contributed by atoms with Crippen molar-refractivity contribution in [1.82, 2.24) is 0 Å². The molecule has 0 aliphatic heterocycles. The lowest BCUT2D eigenvalue weighted by molar-refractivity contribution is -0.137. The summed E-state index contributed by atoms with van der Waals surface area (Å²) >= 11 is 0. The Morgan fingerprint density at radius 1 is 1.03 bits per heavy atom. The molecular formula is C32H36O6. The van der Waals surface area contributed by atoms with Crippen molar-refractivity contribution in [1.29, 1.82) is 0 Å². The fraction of sp³-hybridized carbons (Fsp3) is 0.406. The van der Waals surface area contributed by atoms with Gasteiger partial charge in [0, 0.05) is 5.92 Å². The van der Waals surface area contributed by atoms with Gasteiger partial charge in [-0.2, -0.15) is 0 Å². The van der Waals surface area contributed by atoms with Crippen LogP contribution in [0.2, 0.25) is 0 Å². The van der Waals surface area contributed by atoms with E-state index in [9.17, 15) is 15.0 Å². The molecule has 0 amide bonds. The number of aliphatic hydroxyl groups excluding tert-OH is 2. The van der Waals surface area contributed by atoms with E-state index < -0.39 is 12.1 Å². The van der Waals surface area contributed by atoms with Gasteiger partial charge in [0.05, 0.1) is 13.0 Å². The van der Waals surface area contributed by atoms with Crippen molar-refractivity contribution in [3.63, 3.8) is 0 Å². The zero-order valence-corrected chi connectivity index (χ0v) is 22.3. The molecule has 6 nitrogen and oxygen atoms in total. The Morgan fingerprint density at radius 2 is 1.76 bits per heavy atom. The number of carbonyl (C=O) groups is 1. The van der Waals surface area contributed by atoms with Gasteiger partial charge in [0.1, 0.15) is 30.8 Å². The molecule has 2 aliphatic carbocycles. The smallest absolute Gasteiger partial charge is 0.303 e. The highest BCUT2D eigenvalue weighted by molar-refractivity contribution is 5.75. The van der Waals surface area contributed by atoms with Crippen LogP contribution in [0.3, 0.4) is 0 Å². The fourth-order valence-corrected chi connectivity index (χ4v) is 6.13. The molecule has 3 N–H and O–H groups in total. The molecule has 200 valence electrons. The molecule has 1 saturated carbocycles. The number of rotatable bonds is 10. The summed E-state index contributed by atoms with van der Waals surface area (Å²) < 4.78 is 11.9. The van der Waals surface area contributed by atoms with Crippen LogP contribution in [-0.2, 0) is 17.8 Å². The number of ether oxygens (including phenoxy) is 2. The molecule has 1 fully saturated rings. The second-order valence-electron chi connectivity index (χ2n) is 11.0. The third-order valence-electron chi connectivity index (χ3n) is 8.31. The lowest BCUT2D eigenvalue weighted by atomic mass is 9.87. The van der Waals surface area contributed by atoms with E-state index >= 15 is 0 Å². The minimum Gasteiger partial charge on any atom is -0.491 e. The minimum absolute atomic E-state index is 0.0461. The average molecular weight is 517 g/mol. The third-order valence-corrected chi connectivity index (χ3v) is 8.31. The van der Waals surface area contributed by atoms with Crippen molar-refractivity contribution in [2.75, 3.05) is 13.2 Å². The second-order valence-corrected chi connectivity index (χ2v) is 11.0. The Labute approximate surface area is 223 Å².